The molecule has 4 aromatic rings. The van der Waals surface area contributed by atoms with Crippen molar-refractivity contribution >= 4 is 40.2 Å². The third-order valence-electron chi connectivity index (χ3n) is 4.06. The molecule has 6 nitrogen and oxygen atoms in total. The Kier molecular flexibility index (Phi) is 4.16. The first-order chi connectivity index (χ1) is 12.6. The van der Waals surface area contributed by atoms with E-state index in [1.807, 2.05) is 36.5 Å². The van der Waals surface area contributed by atoms with E-state index in [4.69, 9.17) is 29.0 Å². The average molecular weight is 386 g/mol. The van der Waals surface area contributed by atoms with Crippen LogP contribution in [0.1, 0.15) is 0 Å². The predicted molar refractivity (Wildman–Crippen MR) is 105 cm³/mol. The van der Waals surface area contributed by atoms with Gasteiger partial charge in [-0.25, -0.2) is 5.84 Å². The number of aromatic nitrogens is 3. The molecular weight excluding hydrogens is 373 g/mol. The molecule has 0 radical (unpaired) electrons. The number of fused-ring (bicyclic) bond motifs is 1. The maximum absolute atomic E-state index is 12.7. The Labute approximate surface area is 158 Å². The van der Waals surface area contributed by atoms with E-state index in [1.165, 1.54) is 0 Å². The van der Waals surface area contributed by atoms with Crippen LogP contribution >= 0.6 is 23.2 Å². The van der Waals surface area contributed by atoms with Crippen LogP contribution < -0.4 is 16.8 Å². The molecule has 0 aliphatic rings. The number of hydrogen-bond acceptors (Lipinski definition) is 4. The Balaban J connectivity index is 2.08. The molecule has 4 rings (SSSR count). The van der Waals surface area contributed by atoms with Crippen molar-refractivity contribution in [1.29, 1.82) is 0 Å². The van der Waals surface area contributed by atoms with Crippen LogP contribution in [0.5, 0.6) is 0 Å². The minimum Gasteiger partial charge on any atom is -0.300 e. The Hall–Kier alpha value is -2.80. The van der Waals surface area contributed by atoms with Gasteiger partial charge in [-0.2, -0.15) is 4.98 Å². The number of nitrogen functional groups attached to an aromatic ring is 1. The topological polar surface area (TPSA) is 88.7 Å². The van der Waals surface area contributed by atoms with Crippen LogP contribution in [0.15, 0.2) is 59.5 Å². The van der Waals surface area contributed by atoms with Gasteiger partial charge in [-0.3, -0.25) is 15.2 Å². The molecule has 0 amide bonds. The maximum atomic E-state index is 12.7. The number of nitrogens with zero attached hydrogens (tertiary/aromatic N) is 2. The molecule has 8 heteroatoms. The van der Waals surface area contributed by atoms with Gasteiger partial charge in [0.2, 0.25) is 5.95 Å². The lowest BCUT2D eigenvalue weighted by molar-refractivity contribution is 1.05. The second-order valence-corrected chi connectivity index (χ2v) is 6.45. The summed E-state index contributed by atoms with van der Waals surface area (Å²) < 4.78 is 1.79. The van der Waals surface area contributed by atoms with Crippen molar-refractivity contribution in [3.63, 3.8) is 0 Å². The fourth-order valence-electron chi connectivity index (χ4n) is 2.87. The molecule has 0 aliphatic heterocycles. The lowest BCUT2D eigenvalue weighted by Crippen LogP contribution is -2.17. The zero-order valence-corrected chi connectivity index (χ0v) is 14.8. The van der Waals surface area contributed by atoms with E-state index in [-0.39, 0.29) is 11.5 Å². The first-order valence-corrected chi connectivity index (χ1v) is 8.47. The van der Waals surface area contributed by atoms with Crippen molar-refractivity contribution in [2.45, 2.75) is 0 Å². The highest BCUT2D eigenvalue weighted by Crippen LogP contribution is 2.32. The van der Waals surface area contributed by atoms with Gasteiger partial charge >= 0.3 is 0 Å². The SMILES string of the molecule is NNc1nc2c(c(-c3ccccc3)cn2-c2ccc(Cl)c(Cl)c2)c(=O)[nH]1. The van der Waals surface area contributed by atoms with Crippen molar-refractivity contribution in [3.8, 4) is 16.8 Å². The number of nitrogens with two attached hydrogens (primary N) is 1. The second kappa shape index (κ2) is 6.49. The molecule has 26 heavy (non-hydrogen) atoms. The third kappa shape index (κ3) is 2.74. The minimum absolute atomic E-state index is 0.168. The Bertz CT molecular complexity index is 1170. The lowest BCUT2D eigenvalue weighted by Gasteiger charge is -2.07. The van der Waals surface area contributed by atoms with Crippen molar-refractivity contribution < 1.29 is 0 Å². The average Bonchev–Trinajstić information content (AvgIpc) is 3.05. The van der Waals surface area contributed by atoms with Gasteiger partial charge in [-0.1, -0.05) is 53.5 Å². The highest BCUT2D eigenvalue weighted by molar-refractivity contribution is 6.42. The lowest BCUT2D eigenvalue weighted by atomic mass is 10.1. The number of halogens is 2. The molecule has 0 fully saturated rings. The smallest absolute Gasteiger partial charge is 0.262 e. The summed E-state index contributed by atoms with van der Waals surface area (Å²) >= 11 is 12.2. The van der Waals surface area contributed by atoms with Crippen molar-refractivity contribution in [2.75, 3.05) is 5.43 Å². The summed E-state index contributed by atoms with van der Waals surface area (Å²) in [6, 6.07) is 14.8. The summed E-state index contributed by atoms with van der Waals surface area (Å²) in [5.41, 5.74) is 4.93. The van der Waals surface area contributed by atoms with Gasteiger partial charge < -0.3 is 4.57 Å². The molecule has 0 saturated carbocycles. The zero-order chi connectivity index (χ0) is 18.3. The van der Waals surface area contributed by atoms with Crippen molar-refractivity contribution in [1.82, 2.24) is 14.5 Å². The number of hydrazine groups is 1. The number of hydrogen-bond donors (Lipinski definition) is 3. The summed E-state index contributed by atoms with van der Waals surface area (Å²) in [5, 5.41) is 1.32. The van der Waals surface area contributed by atoms with Gasteiger partial charge in [0.15, 0.2) is 5.65 Å². The fourth-order valence-corrected chi connectivity index (χ4v) is 3.16. The van der Waals surface area contributed by atoms with Crippen LogP contribution in [0.2, 0.25) is 10.0 Å². The number of H-pyrrole nitrogens is 1. The van der Waals surface area contributed by atoms with Gasteiger partial charge in [-0.15, -0.1) is 0 Å². The fraction of sp³-hybridized carbons (Fsp3) is 0. The standard InChI is InChI=1S/C18H13Cl2N5O/c19-13-7-6-11(8-14(13)20)25-9-12(10-4-2-1-3-5-10)15-16(25)22-18(24-21)23-17(15)26/h1-9H,21H2,(H2,22,23,24,26). The number of aromatic amines is 1. The molecule has 0 atom stereocenters. The second-order valence-electron chi connectivity index (χ2n) is 5.63. The van der Waals surface area contributed by atoms with E-state index >= 15 is 0 Å². The largest absolute Gasteiger partial charge is 0.300 e. The molecule has 0 unspecified atom stereocenters. The molecule has 2 aromatic carbocycles. The van der Waals surface area contributed by atoms with E-state index in [0.29, 0.717) is 21.1 Å². The monoisotopic (exact) mass is 385 g/mol. The summed E-state index contributed by atoms with van der Waals surface area (Å²) in [6.07, 6.45) is 1.85. The Morgan fingerprint density at radius 3 is 2.54 bits per heavy atom. The van der Waals surface area contributed by atoms with Crippen LogP contribution in [-0.4, -0.2) is 14.5 Å². The quantitative estimate of drug-likeness (QED) is 0.367. The van der Waals surface area contributed by atoms with Crippen molar-refractivity contribution in [3.05, 3.63) is 75.1 Å². The van der Waals surface area contributed by atoms with Gasteiger partial charge in [0.05, 0.1) is 15.4 Å². The van der Waals surface area contributed by atoms with E-state index < -0.39 is 0 Å². The van der Waals surface area contributed by atoms with Crippen LogP contribution in [0, 0.1) is 0 Å². The van der Waals surface area contributed by atoms with Crippen LogP contribution in [0.3, 0.4) is 0 Å². The van der Waals surface area contributed by atoms with Gasteiger partial charge in [0.1, 0.15) is 0 Å². The molecule has 130 valence electrons. The molecule has 0 saturated heterocycles. The summed E-state index contributed by atoms with van der Waals surface area (Å²) in [5.74, 6) is 5.60. The summed E-state index contributed by atoms with van der Waals surface area (Å²) in [6.45, 7) is 0. The van der Waals surface area contributed by atoms with Gasteiger partial charge in [-0.05, 0) is 23.8 Å². The number of benzene rings is 2. The zero-order valence-electron chi connectivity index (χ0n) is 13.3. The highest BCUT2D eigenvalue weighted by Gasteiger charge is 2.17. The number of rotatable bonds is 3. The molecule has 2 aromatic heterocycles. The third-order valence-corrected chi connectivity index (χ3v) is 4.80. The van der Waals surface area contributed by atoms with Crippen LogP contribution in [0.25, 0.3) is 27.8 Å². The Morgan fingerprint density at radius 1 is 1.08 bits per heavy atom. The molecule has 4 N–H and O–H groups in total. The first-order valence-electron chi connectivity index (χ1n) is 7.71. The molecule has 0 bridgehead atoms. The summed E-state index contributed by atoms with van der Waals surface area (Å²) in [4.78, 5) is 19.7. The molecular formula is C18H13Cl2N5O. The van der Waals surface area contributed by atoms with E-state index in [9.17, 15) is 4.79 Å². The highest BCUT2D eigenvalue weighted by atomic mass is 35.5. The van der Waals surface area contributed by atoms with E-state index in [1.54, 1.807) is 22.8 Å². The minimum atomic E-state index is -0.291. The Morgan fingerprint density at radius 2 is 1.85 bits per heavy atom. The van der Waals surface area contributed by atoms with Crippen LogP contribution in [0.4, 0.5) is 5.95 Å². The van der Waals surface area contributed by atoms with Gasteiger partial charge in [0, 0.05) is 17.4 Å². The van der Waals surface area contributed by atoms with Gasteiger partial charge in [0.25, 0.3) is 5.56 Å². The van der Waals surface area contributed by atoms with E-state index in [0.717, 1.165) is 16.8 Å². The maximum Gasteiger partial charge on any atom is 0.262 e. The number of nitrogens with one attached hydrogen (secondary N) is 2. The van der Waals surface area contributed by atoms with E-state index in [2.05, 4.69) is 15.4 Å². The molecule has 0 aliphatic carbocycles. The molecule has 2 heterocycles. The van der Waals surface area contributed by atoms with Crippen molar-refractivity contribution in [2.24, 2.45) is 5.84 Å². The first kappa shape index (κ1) is 16.7. The van der Waals surface area contributed by atoms with Crippen LogP contribution in [-0.2, 0) is 0 Å². The number of anilines is 1. The molecule has 0 spiro atoms. The summed E-state index contributed by atoms with van der Waals surface area (Å²) in [7, 11) is 0. The normalized spacial score (nSPS) is 11.0. The predicted octanol–water partition coefficient (Wildman–Crippen LogP) is 3.97.